The van der Waals surface area contributed by atoms with Crippen molar-refractivity contribution in [2.75, 3.05) is 31.6 Å². The SMILES string of the molecule is CC(C)CNCCC(=O)Nc1ccc2c(c1)OCCO2. The molecule has 1 aromatic carbocycles. The average Bonchev–Trinajstić information content (AvgIpc) is 2.43. The molecule has 0 aromatic heterocycles. The number of carbonyl (C=O) groups excluding carboxylic acids is 1. The summed E-state index contributed by atoms with van der Waals surface area (Å²) in [5, 5.41) is 6.11. The quantitative estimate of drug-likeness (QED) is 0.782. The second-order valence-corrected chi connectivity index (χ2v) is 5.25. The molecule has 2 rings (SSSR count). The molecular weight excluding hydrogens is 256 g/mol. The number of amides is 1. The van der Waals surface area contributed by atoms with E-state index in [2.05, 4.69) is 24.5 Å². The van der Waals surface area contributed by atoms with E-state index >= 15 is 0 Å². The van der Waals surface area contributed by atoms with Crippen molar-refractivity contribution in [1.82, 2.24) is 5.32 Å². The van der Waals surface area contributed by atoms with E-state index in [0.717, 1.165) is 18.0 Å². The van der Waals surface area contributed by atoms with Crippen LogP contribution in [-0.4, -0.2) is 32.2 Å². The Morgan fingerprint density at radius 2 is 2.00 bits per heavy atom. The van der Waals surface area contributed by atoms with Gasteiger partial charge in [-0.2, -0.15) is 0 Å². The summed E-state index contributed by atoms with van der Waals surface area (Å²) in [5.41, 5.74) is 0.739. The van der Waals surface area contributed by atoms with Gasteiger partial charge in [-0.3, -0.25) is 4.79 Å². The molecule has 0 unspecified atom stereocenters. The van der Waals surface area contributed by atoms with Crippen LogP contribution in [0.2, 0.25) is 0 Å². The first kappa shape index (κ1) is 14.7. The van der Waals surface area contributed by atoms with Crippen LogP contribution in [0, 0.1) is 5.92 Å². The largest absolute Gasteiger partial charge is 0.486 e. The van der Waals surface area contributed by atoms with E-state index in [4.69, 9.17) is 9.47 Å². The van der Waals surface area contributed by atoms with Crippen molar-refractivity contribution in [3.8, 4) is 11.5 Å². The lowest BCUT2D eigenvalue weighted by Gasteiger charge is -2.19. The topological polar surface area (TPSA) is 59.6 Å². The summed E-state index contributed by atoms with van der Waals surface area (Å²) in [6.45, 7) is 7.01. The summed E-state index contributed by atoms with van der Waals surface area (Å²) in [6.07, 6.45) is 0.459. The number of hydrogen-bond donors (Lipinski definition) is 2. The van der Waals surface area contributed by atoms with Crippen LogP contribution in [0.5, 0.6) is 11.5 Å². The van der Waals surface area contributed by atoms with Crippen LogP contribution in [0.1, 0.15) is 20.3 Å². The lowest BCUT2D eigenvalue weighted by molar-refractivity contribution is -0.116. The summed E-state index contributed by atoms with van der Waals surface area (Å²) in [5.74, 6) is 2.01. The maximum Gasteiger partial charge on any atom is 0.225 e. The molecule has 2 N–H and O–H groups in total. The lowest BCUT2D eigenvalue weighted by atomic mass is 10.2. The van der Waals surface area contributed by atoms with Crippen molar-refractivity contribution >= 4 is 11.6 Å². The Labute approximate surface area is 119 Å². The van der Waals surface area contributed by atoms with E-state index in [9.17, 15) is 4.79 Å². The van der Waals surface area contributed by atoms with Crippen LogP contribution in [-0.2, 0) is 4.79 Å². The molecule has 0 atom stereocenters. The minimum absolute atomic E-state index is 0.00191. The zero-order valence-corrected chi connectivity index (χ0v) is 12.1. The molecular formula is C15H22N2O3. The fourth-order valence-electron chi connectivity index (χ4n) is 1.94. The van der Waals surface area contributed by atoms with Gasteiger partial charge in [-0.05, 0) is 24.6 Å². The Morgan fingerprint density at radius 3 is 2.75 bits per heavy atom. The van der Waals surface area contributed by atoms with Crippen molar-refractivity contribution in [3.05, 3.63) is 18.2 Å². The Bertz CT molecular complexity index is 460. The van der Waals surface area contributed by atoms with Gasteiger partial charge in [-0.25, -0.2) is 0 Å². The normalized spacial score (nSPS) is 13.3. The molecule has 1 aromatic rings. The summed E-state index contributed by atoms with van der Waals surface area (Å²) in [6, 6.07) is 5.45. The van der Waals surface area contributed by atoms with E-state index in [1.807, 2.05) is 12.1 Å². The van der Waals surface area contributed by atoms with Crippen LogP contribution in [0.25, 0.3) is 0 Å². The van der Waals surface area contributed by atoms with Gasteiger partial charge in [0.2, 0.25) is 5.91 Å². The Balaban J connectivity index is 1.79. The third kappa shape index (κ3) is 4.42. The molecule has 1 aliphatic rings. The van der Waals surface area contributed by atoms with Crippen molar-refractivity contribution in [2.45, 2.75) is 20.3 Å². The summed E-state index contributed by atoms with van der Waals surface area (Å²) in [4.78, 5) is 11.8. The fraction of sp³-hybridized carbons (Fsp3) is 0.533. The third-order valence-electron chi connectivity index (χ3n) is 2.91. The number of nitrogens with one attached hydrogen (secondary N) is 2. The maximum atomic E-state index is 11.8. The first-order chi connectivity index (χ1) is 9.65. The van der Waals surface area contributed by atoms with E-state index in [-0.39, 0.29) is 5.91 Å². The molecule has 5 nitrogen and oxygen atoms in total. The van der Waals surface area contributed by atoms with Gasteiger partial charge in [0.1, 0.15) is 13.2 Å². The van der Waals surface area contributed by atoms with Gasteiger partial charge in [0, 0.05) is 24.7 Å². The predicted molar refractivity (Wildman–Crippen MR) is 78.4 cm³/mol. The van der Waals surface area contributed by atoms with Gasteiger partial charge in [-0.15, -0.1) is 0 Å². The van der Waals surface area contributed by atoms with Crippen LogP contribution in [0.4, 0.5) is 5.69 Å². The van der Waals surface area contributed by atoms with Crippen LogP contribution < -0.4 is 20.1 Å². The van der Waals surface area contributed by atoms with Crippen molar-refractivity contribution in [3.63, 3.8) is 0 Å². The lowest BCUT2D eigenvalue weighted by Crippen LogP contribution is -2.25. The number of hydrogen-bond acceptors (Lipinski definition) is 4. The molecule has 110 valence electrons. The molecule has 0 spiro atoms. The third-order valence-corrected chi connectivity index (χ3v) is 2.91. The zero-order chi connectivity index (χ0) is 14.4. The molecule has 1 heterocycles. The highest BCUT2D eigenvalue weighted by Gasteiger charge is 2.12. The predicted octanol–water partition coefficient (Wildman–Crippen LogP) is 2.03. The molecule has 0 saturated heterocycles. The fourth-order valence-corrected chi connectivity index (χ4v) is 1.94. The summed E-state index contributed by atoms with van der Waals surface area (Å²) in [7, 11) is 0. The van der Waals surface area contributed by atoms with E-state index in [0.29, 0.717) is 37.8 Å². The van der Waals surface area contributed by atoms with Crippen molar-refractivity contribution < 1.29 is 14.3 Å². The van der Waals surface area contributed by atoms with Crippen LogP contribution >= 0.6 is 0 Å². The van der Waals surface area contributed by atoms with Gasteiger partial charge < -0.3 is 20.1 Å². The zero-order valence-electron chi connectivity index (χ0n) is 12.1. The molecule has 1 amide bonds. The highest BCUT2D eigenvalue weighted by atomic mass is 16.6. The molecule has 0 fully saturated rings. The Hall–Kier alpha value is -1.75. The molecule has 0 radical (unpaired) electrons. The molecule has 1 aliphatic heterocycles. The van der Waals surface area contributed by atoms with Crippen molar-refractivity contribution in [2.24, 2.45) is 5.92 Å². The van der Waals surface area contributed by atoms with E-state index in [1.165, 1.54) is 0 Å². The van der Waals surface area contributed by atoms with Gasteiger partial charge >= 0.3 is 0 Å². The molecule has 5 heteroatoms. The number of carbonyl (C=O) groups is 1. The number of ether oxygens (including phenoxy) is 2. The number of anilines is 1. The van der Waals surface area contributed by atoms with Gasteiger partial charge in [0.15, 0.2) is 11.5 Å². The monoisotopic (exact) mass is 278 g/mol. The van der Waals surface area contributed by atoms with Crippen molar-refractivity contribution in [1.29, 1.82) is 0 Å². The van der Waals surface area contributed by atoms with E-state index in [1.54, 1.807) is 6.07 Å². The molecule has 0 aliphatic carbocycles. The van der Waals surface area contributed by atoms with Gasteiger partial charge in [-0.1, -0.05) is 13.8 Å². The standard InChI is InChI=1S/C15H22N2O3/c1-11(2)10-16-6-5-15(18)17-12-3-4-13-14(9-12)20-8-7-19-13/h3-4,9,11,16H,5-8,10H2,1-2H3,(H,17,18). The maximum absolute atomic E-state index is 11.8. The summed E-state index contributed by atoms with van der Waals surface area (Å²) >= 11 is 0. The number of rotatable bonds is 6. The molecule has 0 saturated carbocycles. The van der Waals surface area contributed by atoms with Gasteiger partial charge in [0.25, 0.3) is 0 Å². The smallest absolute Gasteiger partial charge is 0.225 e. The van der Waals surface area contributed by atoms with Crippen LogP contribution in [0.3, 0.4) is 0 Å². The first-order valence-electron chi connectivity index (χ1n) is 7.05. The highest BCUT2D eigenvalue weighted by Crippen LogP contribution is 2.32. The Morgan fingerprint density at radius 1 is 1.25 bits per heavy atom. The number of benzene rings is 1. The average molecular weight is 278 g/mol. The minimum Gasteiger partial charge on any atom is -0.486 e. The first-order valence-corrected chi connectivity index (χ1v) is 7.05. The Kier molecular flexibility index (Phi) is 5.24. The second-order valence-electron chi connectivity index (χ2n) is 5.25. The summed E-state index contributed by atoms with van der Waals surface area (Å²) < 4.78 is 10.9. The minimum atomic E-state index is -0.00191. The number of fused-ring (bicyclic) bond motifs is 1. The highest BCUT2D eigenvalue weighted by molar-refractivity contribution is 5.91. The van der Waals surface area contributed by atoms with Crippen LogP contribution in [0.15, 0.2) is 18.2 Å². The second kappa shape index (κ2) is 7.14. The van der Waals surface area contributed by atoms with Gasteiger partial charge in [0.05, 0.1) is 0 Å². The molecule has 0 bridgehead atoms. The molecule has 20 heavy (non-hydrogen) atoms. The van der Waals surface area contributed by atoms with E-state index < -0.39 is 0 Å².